The number of thiophene rings is 1. The lowest BCUT2D eigenvalue weighted by atomic mass is 9.89. The van der Waals surface area contributed by atoms with E-state index in [1.165, 1.54) is 42.4 Å². The molecule has 0 atom stereocenters. The zero-order valence-electron chi connectivity index (χ0n) is 17.3. The number of hydrogen-bond donors (Lipinski definition) is 0. The Morgan fingerprint density at radius 3 is 2.81 bits per heavy atom. The summed E-state index contributed by atoms with van der Waals surface area (Å²) in [5, 5.41) is 2.69. The first-order chi connectivity index (χ1) is 15.1. The third-order valence-corrected chi connectivity index (χ3v) is 6.81. The minimum Gasteiger partial charge on any atom is -0.465 e. The fourth-order valence-corrected chi connectivity index (χ4v) is 5.21. The first kappa shape index (κ1) is 19.7. The monoisotopic (exact) mass is 430 g/mol. The van der Waals surface area contributed by atoms with Gasteiger partial charge in [-0.05, 0) is 60.1 Å². The number of benzene rings is 2. The number of aryl methyl sites for hydroxylation is 2. The predicted molar refractivity (Wildman–Crippen MR) is 123 cm³/mol. The third-order valence-electron chi connectivity index (χ3n) is 5.92. The van der Waals surface area contributed by atoms with E-state index in [-0.39, 0.29) is 5.56 Å². The number of nitrogens with zero attached hydrogens (tertiary/aromatic N) is 2. The Balaban J connectivity index is 1.55. The summed E-state index contributed by atoms with van der Waals surface area (Å²) in [6.07, 6.45) is 6.30. The van der Waals surface area contributed by atoms with Gasteiger partial charge in [0.15, 0.2) is 0 Å². The maximum absolute atomic E-state index is 13.4. The third kappa shape index (κ3) is 3.68. The van der Waals surface area contributed by atoms with Crippen LogP contribution in [0.15, 0.2) is 59.0 Å². The molecule has 5 rings (SSSR count). The molecule has 1 aliphatic rings. The molecule has 0 fully saturated rings. The second-order valence-corrected chi connectivity index (χ2v) is 8.75. The number of esters is 1. The highest BCUT2D eigenvalue weighted by atomic mass is 32.1. The lowest BCUT2D eigenvalue weighted by molar-refractivity contribution is 0.0600. The van der Waals surface area contributed by atoms with Gasteiger partial charge in [-0.25, -0.2) is 9.78 Å². The van der Waals surface area contributed by atoms with Gasteiger partial charge in [-0.2, -0.15) is 0 Å². The number of methoxy groups -OCH3 is 1. The van der Waals surface area contributed by atoms with Gasteiger partial charge >= 0.3 is 5.97 Å². The van der Waals surface area contributed by atoms with E-state index in [4.69, 9.17) is 4.74 Å². The Hall–Kier alpha value is -3.25. The second kappa shape index (κ2) is 8.12. The van der Waals surface area contributed by atoms with E-state index in [2.05, 4.69) is 23.2 Å². The van der Waals surface area contributed by atoms with Crippen molar-refractivity contribution < 1.29 is 9.53 Å². The normalized spacial score (nSPS) is 13.2. The standard InChI is InChI=1S/C25H22N2O3S/c1-30-25(29)20-8-4-5-16(11-20)13-27-15-26-23-22(24(27)28)21(14-31-23)19-10-9-17-6-2-3-7-18(17)12-19/h4-5,8-12,14-15H,2-3,6-7,13H2,1H3. The molecule has 0 aliphatic heterocycles. The molecule has 4 aromatic rings. The van der Waals surface area contributed by atoms with Crippen molar-refractivity contribution >= 4 is 27.5 Å². The topological polar surface area (TPSA) is 61.2 Å². The van der Waals surface area contributed by atoms with E-state index in [1.54, 1.807) is 29.1 Å². The first-order valence-electron chi connectivity index (χ1n) is 10.4. The van der Waals surface area contributed by atoms with Crippen LogP contribution in [0, 0.1) is 0 Å². The summed E-state index contributed by atoms with van der Waals surface area (Å²) >= 11 is 1.50. The van der Waals surface area contributed by atoms with Gasteiger partial charge in [-0.3, -0.25) is 9.36 Å². The second-order valence-electron chi connectivity index (χ2n) is 7.89. The van der Waals surface area contributed by atoms with Gasteiger partial charge in [0, 0.05) is 10.9 Å². The SMILES string of the molecule is COC(=O)c1cccc(Cn2cnc3scc(-c4ccc5c(c4)CCCC5)c3c2=O)c1. The van der Waals surface area contributed by atoms with E-state index in [9.17, 15) is 9.59 Å². The van der Waals surface area contributed by atoms with Crippen LogP contribution in [0.25, 0.3) is 21.3 Å². The number of carbonyl (C=O) groups excluding carboxylic acids is 1. The molecule has 5 nitrogen and oxygen atoms in total. The average Bonchev–Trinajstić information content (AvgIpc) is 3.25. The number of fused-ring (bicyclic) bond motifs is 2. The van der Waals surface area contributed by atoms with Gasteiger partial charge in [0.1, 0.15) is 4.83 Å². The van der Waals surface area contributed by atoms with Crippen molar-refractivity contribution in [3.63, 3.8) is 0 Å². The molecule has 2 aromatic heterocycles. The van der Waals surface area contributed by atoms with Crippen LogP contribution in [0.5, 0.6) is 0 Å². The Morgan fingerprint density at radius 2 is 1.97 bits per heavy atom. The van der Waals surface area contributed by atoms with Gasteiger partial charge in [0.05, 0.1) is 30.9 Å². The van der Waals surface area contributed by atoms with Crippen LogP contribution in [0.4, 0.5) is 0 Å². The van der Waals surface area contributed by atoms with Crippen molar-refractivity contribution in [2.75, 3.05) is 7.11 Å². The lowest BCUT2D eigenvalue weighted by Crippen LogP contribution is -2.21. The minimum atomic E-state index is -0.393. The Bertz CT molecular complexity index is 1350. The molecule has 2 aromatic carbocycles. The minimum absolute atomic E-state index is 0.0672. The van der Waals surface area contributed by atoms with E-state index < -0.39 is 5.97 Å². The molecular weight excluding hydrogens is 408 g/mol. The van der Waals surface area contributed by atoms with Gasteiger partial charge in [0.25, 0.3) is 5.56 Å². The van der Waals surface area contributed by atoms with E-state index in [1.807, 2.05) is 11.4 Å². The molecule has 0 amide bonds. The molecule has 0 radical (unpaired) electrons. The fourth-order valence-electron chi connectivity index (χ4n) is 4.30. The smallest absolute Gasteiger partial charge is 0.337 e. The van der Waals surface area contributed by atoms with Crippen LogP contribution in [0.2, 0.25) is 0 Å². The Kier molecular flexibility index (Phi) is 5.16. The fraction of sp³-hybridized carbons (Fsp3) is 0.240. The molecular formula is C25H22N2O3S. The van der Waals surface area contributed by atoms with Crippen molar-refractivity contribution in [1.29, 1.82) is 0 Å². The molecule has 6 heteroatoms. The van der Waals surface area contributed by atoms with Gasteiger partial charge in [0.2, 0.25) is 0 Å². The molecule has 0 saturated carbocycles. The summed E-state index contributed by atoms with van der Waals surface area (Å²) in [6, 6.07) is 13.7. The average molecular weight is 431 g/mol. The highest BCUT2D eigenvalue weighted by molar-refractivity contribution is 7.17. The molecule has 0 unspecified atom stereocenters. The molecule has 31 heavy (non-hydrogen) atoms. The number of hydrogen-bond acceptors (Lipinski definition) is 5. The molecule has 0 N–H and O–H groups in total. The van der Waals surface area contributed by atoms with E-state index >= 15 is 0 Å². The van der Waals surface area contributed by atoms with Crippen LogP contribution < -0.4 is 5.56 Å². The van der Waals surface area contributed by atoms with Crippen molar-refractivity contribution in [2.24, 2.45) is 0 Å². The number of carbonyl (C=O) groups is 1. The number of aromatic nitrogens is 2. The molecule has 2 heterocycles. The van der Waals surface area contributed by atoms with Gasteiger partial charge < -0.3 is 4.74 Å². The lowest BCUT2D eigenvalue weighted by Gasteiger charge is -2.16. The van der Waals surface area contributed by atoms with Crippen molar-refractivity contribution in [2.45, 2.75) is 32.2 Å². The maximum Gasteiger partial charge on any atom is 0.337 e. The van der Waals surface area contributed by atoms with Crippen molar-refractivity contribution in [3.8, 4) is 11.1 Å². The molecule has 1 aliphatic carbocycles. The van der Waals surface area contributed by atoms with E-state index in [0.717, 1.165) is 34.4 Å². The highest BCUT2D eigenvalue weighted by Crippen LogP contribution is 2.33. The molecule has 0 saturated heterocycles. The summed E-state index contributed by atoms with van der Waals surface area (Å²) in [5.41, 5.74) is 6.09. The Morgan fingerprint density at radius 1 is 1.13 bits per heavy atom. The van der Waals surface area contributed by atoms with Crippen LogP contribution >= 0.6 is 11.3 Å². The summed E-state index contributed by atoms with van der Waals surface area (Å²) in [6.45, 7) is 0.339. The van der Waals surface area contributed by atoms with Crippen LogP contribution in [-0.4, -0.2) is 22.6 Å². The van der Waals surface area contributed by atoms with Crippen molar-refractivity contribution in [3.05, 3.63) is 86.8 Å². The van der Waals surface area contributed by atoms with Gasteiger partial charge in [-0.1, -0.05) is 30.3 Å². The van der Waals surface area contributed by atoms with E-state index in [0.29, 0.717) is 17.5 Å². The summed E-state index contributed by atoms with van der Waals surface area (Å²) < 4.78 is 6.40. The zero-order valence-corrected chi connectivity index (χ0v) is 18.1. The Labute approximate surface area is 184 Å². The molecule has 0 bridgehead atoms. The predicted octanol–water partition coefficient (Wildman–Crippen LogP) is 4.84. The van der Waals surface area contributed by atoms with Crippen LogP contribution in [0.3, 0.4) is 0 Å². The zero-order chi connectivity index (χ0) is 21.4. The molecule has 156 valence electrons. The highest BCUT2D eigenvalue weighted by Gasteiger charge is 2.16. The van der Waals surface area contributed by atoms with Crippen LogP contribution in [0.1, 0.15) is 39.9 Å². The number of ether oxygens (including phenoxy) is 1. The summed E-state index contributed by atoms with van der Waals surface area (Å²) in [7, 11) is 1.36. The van der Waals surface area contributed by atoms with Crippen LogP contribution in [-0.2, 0) is 24.1 Å². The first-order valence-corrected chi connectivity index (χ1v) is 11.3. The largest absolute Gasteiger partial charge is 0.465 e. The summed E-state index contributed by atoms with van der Waals surface area (Å²) in [4.78, 5) is 30.5. The van der Waals surface area contributed by atoms with Gasteiger partial charge in [-0.15, -0.1) is 11.3 Å². The number of rotatable bonds is 4. The quantitative estimate of drug-likeness (QED) is 0.435. The maximum atomic E-state index is 13.4. The molecule has 0 spiro atoms. The van der Waals surface area contributed by atoms with Crippen molar-refractivity contribution in [1.82, 2.24) is 9.55 Å². The summed E-state index contributed by atoms with van der Waals surface area (Å²) in [5.74, 6) is -0.393.